The van der Waals surface area contributed by atoms with Crippen molar-refractivity contribution in [2.75, 3.05) is 14.2 Å². The maximum absolute atomic E-state index is 10.6. The van der Waals surface area contributed by atoms with Crippen LogP contribution in [-0.4, -0.2) is 31.6 Å². The lowest BCUT2D eigenvalue weighted by Gasteiger charge is -1.96. The Hall–Kier alpha value is -1.19. The molecule has 0 aliphatic rings. The van der Waals surface area contributed by atoms with Gasteiger partial charge in [-0.25, -0.2) is 4.79 Å². The highest BCUT2D eigenvalue weighted by Gasteiger charge is 2.14. The molecule has 0 heterocycles. The molecule has 0 rings (SSSR count). The van der Waals surface area contributed by atoms with E-state index < -0.39 is 5.97 Å². The molecule has 0 saturated carbocycles. The number of rotatable bonds is 2. The Bertz CT molecular complexity index is 183. The van der Waals surface area contributed by atoms with E-state index in [1.54, 1.807) is 0 Å². The number of nitrogens with zero attached hydrogens (tertiary/aromatic N) is 1. The van der Waals surface area contributed by atoms with Gasteiger partial charge in [0.05, 0.1) is 7.11 Å². The number of Topliss-reactive ketones (excluding diaryl/α,β-unsaturated/α-hetero) is 1. The van der Waals surface area contributed by atoms with Gasteiger partial charge in [0.2, 0.25) is 0 Å². The normalized spacial score (nSPS) is 10.9. The molecule has 0 amide bonds. The molecule has 0 N–H and O–H groups in total. The second-order valence-electron chi connectivity index (χ2n) is 1.62. The number of methoxy groups -OCH3 is 1. The Labute approximate surface area is 58.9 Å². The Morgan fingerprint density at radius 3 is 2.00 bits per heavy atom. The van der Waals surface area contributed by atoms with Gasteiger partial charge in [-0.15, -0.1) is 0 Å². The molecule has 56 valence electrons. The summed E-state index contributed by atoms with van der Waals surface area (Å²) in [6.45, 7) is 1.26. The molecule has 0 aliphatic carbocycles. The van der Waals surface area contributed by atoms with Crippen molar-refractivity contribution in [3.05, 3.63) is 0 Å². The van der Waals surface area contributed by atoms with Crippen molar-refractivity contribution in [2.24, 2.45) is 4.99 Å². The average Bonchev–Trinajstić information content (AvgIpc) is 1.88. The van der Waals surface area contributed by atoms with Crippen LogP contribution in [0.15, 0.2) is 4.99 Å². The zero-order chi connectivity index (χ0) is 8.15. The van der Waals surface area contributed by atoms with Crippen LogP contribution in [0.2, 0.25) is 0 Å². The molecule has 0 aromatic carbocycles. The number of aliphatic imine (C=N–C) groups is 1. The largest absolute Gasteiger partial charge is 0.464 e. The first-order valence-corrected chi connectivity index (χ1v) is 2.69. The van der Waals surface area contributed by atoms with Crippen molar-refractivity contribution in [1.82, 2.24) is 0 Å². The van der Waals surface area contributed by atoms with Crippen molar-refractivity contribution in [3.8, 4) is 0 Å². The number of carbonyl (C=O) groups excluding carboxylic acids is 2. The van der Waals surface area contributed by atoms with E-state index in [-0.39, 0.29) is 11.5 Å². The van der Waals surface area contributed by atoms with Gasteiger partial charge in [-0.1, -0.05) is 0 Å². The first kappa shape index (κ1) is 8.81. The van der Waals surface area contributed by atoms with Gasteiger partial charge in [-0.3, -0.25) is 9.79 Å². The number of hydrogen-bond acceptors (Lipinski definition) is 4. The third kappa shape index (κ3) is 1.97. The van der Waals surface area contributed by atoms with Gasteiger partial charge < -0.3 is 4.74 Å². The van der Waals surface area contributed by atoms with Gasteiger partial charge in [0.1, 0.15) is 0 Å². The summed E-state index contributed by atoms with van der Waals surface area (Å²) in [5.74, 6) is -1.07. The zero-order valence-electron chi connectivity index (χ0n) is 6.17. The van der Waals surface area contributed by atoms with Gasteiger partial charge in [-0.2, -0.15) is 0 Å². The van der Waals surface area contributed by atoms with E-state index in [0.29, 0.717) is 0 Å². The number of hydrogen-bond donors (Lipinski definition) is 0. The lowest BCUT2D eigenvalue weighted by molar-refractivity contribution is -0.133. The van der Waals surface area contributed by atoms with Crippen molar-refractivity contribution in [3.63, 3.8) is 0 Å². The van der Waals surface area contributed by atoms with Gasteiger partial charge in [0.25, 0.3) is 0 Å². The van der Waals surface area contributed by atoms with Gasteiger partial charge in [0.15, 0.2) is 11.5 Å². The quantitative estimate of drug-likeness (QED) is 0.306. The minimum atomic E-state index is -0.685. The Kier molecular flexibility index (Phi) is 3.32. The summed E-state index contributed by atoms with van der Waals surface area (Å²) in [5.41, 5.74) is -0.150. The van der Waals surface area contributed by atoms with Crippen LogP contribution in [0.1, 0.15) is 6.92 Å². The molecule has 0 radical (unpaired) electrons. The highest BCUT2D eigenvalue weighted by atomic mass is 16.5. The van der Waals surface area contributed by atoms with E-state index in [0.717, 1.165) is 0 Å². The Balaban J connectivity index is 4.39. The van der Waals surface area contributed by atoms with Gasteiger partial charge >= 0.3 is 5.97 Å². The molecule has 4 heteroatoms. The molecule has 0 bridgehead atoms. The lowest BCUT2D eigenvalue weighted by Crippen LogP contribution is -2.22. The van der Waals surface area contributed by atoms with E-state index in [4.69, 9.17) is 0 Å². The smallest absolute Gasteiger partial charge is 0.359 e. The fraction of sp³-hybridized carbons (Fsp3) is 0.500. The van der Waals surface area contributed by atoms with Crippen molar-refractivity contribution in [2.45, 2.75) is 6.92 Å². The third-order valence-electron chi connectivity index (χ3n) is 0.936. The summed E-state index contributed by atoms with van der Waals surface area (Å²) in [6, 6.07) is 0. The number of ether oxygens (including phenoxy) is 1. The standard InChI is InChI=1S/C6H9NO3/c1-4(8)5(7-2)6(9)10-3/h1-3H3/b7-5-. The molecule has 0 spiro atoms. The topological polar surface area (TPSA) is 55.7 Å². The molecule has 10 heavy (non-hydrogen) atoms. The fourth-order valence-corrected chi connectivity index (χ4v) is 0.489. The van der Waals surface area contributed by atoms with Crippen LogP contribution < -0.4 is 0 Å². The van der Waals surface area contributed by atoms with E-state index in [1.165, 1.54) is 21.1 Å². The molecule has 0 atom stereocenters. The first-order chi connectivity index (χ1) is 4.63. The summed E-state index contributed by atoms with van der Waals surface area (Å²) in [5, 5.41) is 0. The molecular formula is C6H9NO3. The van der Waals surface area contributed by atoms with Crippen LogP contribution in [0, 0.1) is 0 Å². The van der Waals surface area contributed by atoms with E-state index in [9.17, 15) is 9.59 Å². The van der Waals surface area contributed by atoms with E-state index >= 15 is 0 Å². The molecule has 0 aliphatic heterocycles. The summed E-state index contributed by atoms with van der Waals surface area (Å²) in [6.07, 6.45) is 0. The minimum absolute atomic E-state index is 0.150. The summed E-state index contributed by atoms with van der Waals surface area (Å²) in [7, 11) is 2.57. The van der Waals surface area contributed by atoms with Crippen LogP contribution in [0.3, 0.4) is 0 Å². The molecular weight excluding hydrogens is 134 g/mol. The third-order valence-corrected chi connectivity index (χ3v) is 0.936. The Morgan fingerprint density at radius 2 is 1.90 bits per heavy atom. The van der Waals surface area contributed by atoms with Crippen molar-refractivity contribution < 1.29 is 14.3 Å². The number of carbonyl (C=O) groups is 2. The monoisotopic (exact) mass is 143 g/mol. The van der Waals surface area contributed by atoms with Crippen LogP contribution in [0.5, 0.6) is 0 Å². The maximum Gasteiger partial charge on any atom is 0.359 e. The molecule has 0 fully saturated rings. The van der Waals surface area contributed by atoms with Crippen molar-refractivity contribution >= 4 is 17.5 Å². The van der Waals surface area contributed by atoms with E-state index in [2.05, 4.69) is 9.73 Å². The minimum Gasteiger partial charge on any atom is -0.464 e. The van der Waals surface area contributed by atoms with Crippen LogP contribution in [0.25, 0.3) is 0 Å². The van der Waals surface area contributed by atoms with Crippen molar-refractivity contribution in [1.29, 1.82) is 0 Å². The van der Waals surface area contributed by atoms with Gasteiger partial charge in [-0.05, 0) is 0 Å². The molecule has 0 aromatic heterocycles. The van der Waals surface area contributed by atoms with Gasteiger partial charge in [0, 0.05) is 14.0 Å². The van der Waals surface area contributed by atoms with Crippen LogP contribution >= 0.6 is 0 Å². The zero-order valence-corrected chi connectivity index (χ0v) is 6.17. The summed E-state index contributed by atoms with van der Waals surface area (Å²) < 4.78 is 4.27. The molecule has 4 nitrogen and oxygen atoms in total. The second kappa shape index (κ2) is 3.76. The highest BCUT2D eigenvalue weighted by molar-refractivity contribution is 6.63. The summed E-state index contributed by atoms with van der Waals surface area (Å²) in [4.78, 5) is 24.6. The summed E-state index contributed by atoms with van der Waals surface area (Å²) >= 11 is 0. The fourth-order valence-electron chi connectivity index (χ4n) is 0.489. The SMILES string of the molecule is C/N=C(/C(C)=O)C(=O)OC. The first-order valence-electron chi connectivity index (χ1n) is 2.69. The Morgan fingerprint density at radius 1 is 1.40 bits per heavy atom. The van der Waals surface area contributed by atoms with E-state index in [1.807, 2.05) is 0 Å². The number of esters is 1. The lowest BCUT2D eigenvalue weighted by atomic mass is 10.3. The average molecular weight is 143 g/mol. The van der Waals surface area contributed by atoms with Crippen LogP contribution in [0.4, 0.5) is 0 Å². The molecule has 0 unspecified atom stereocenters. The second-order valence-corrected chi connectivity index (χ2v) is 1.62. The predicted molar refractivity (Wildman–Crippen MR) is 36.1 cm³/mol. The maximum atomic E-state index is 10.6. The predicted octanol–water partition coefficient (Wildman–Crippen LogP) is -0.181. The highest BCUT2D eigenvalue weighted by Crippen LogP contribution is 1.83. The van der Waals surface area contributed by atoms with Crippen LogP contribution in [-0.2, 0) is 14.3 Å². The number of ketones is 1. The molecule has 0 aromatic rings. The molecule has 0 saturated heterocycles.